The maximum absolute atomic E-state index is 10.7. The third-order valence-corrected chi connectivity index (χ3v) is 0.850. The van der Waals surface area contributed by atoms with Crippen LogP contribution in [0.4, 0.5) is 13.2 Å². The van der Waals surface area contributed by atoms with Crippen LogP contribution < -0.4 is 0 Å². The van der Waals surface area contributed by atoms with Gasteiger partial charge >= 0.3 is 5.51 Å². The van der Waals surface area contributed by atoms with Crippen LogP contribution in [0.15, 0.2) is 0 Å². The van der Waals surface area contributed by atoms with E-state index in [9.17, 15) is 13.2 Å². The van der Waals surface area contributed by atoms with Gasteiger partial charge in [-0.05, 0) is 0 Å². The lowest BCUT2D eigenvalue weighted by Crippen LogP contribution is -2.21. The smallest absolute Gasteiger partial charge is 0.485 e. The molecule has 0 unspecified atom stereocenters. The molecule has 0 aromatic heterocycles. The minimum absolute atomic E-state index is 0. The molecule has 0 bridgehead atoms. The van der Waals surface area contributed by atoms with E-state index >= 15 is 0 Å². The predicted octanol–water partition coefficient (Wildman–Crippen LogP) is -0.329. The van der Waals surface area contributed by atoms with E-state index in [-0.39, 0.29) is 11.0 Å². The fourth-order valence-electron chi connectivity index (χ4n) is 0. The highest BCUT2D eigenvalue weighted by Crippen LogP contribution is 2.20. The van der Waals surface area contributed by atoms with Crippen molar-refractivity contribution < 1.29 is 26.1 Å². The number of halogens is 3. The molecular weight excluding hydrogens is 177 g/mol. The summed E-state index contributed by atoms with van der Waals surface area (Å²) in [5.74, 6) is 0. The van der Waals surface area contributed by atoms with Gasteiger partial charge in [-0.1, -0.05) is 0 Å². The second-order valence-corrected chi connectivity index (χ2v) is 2.27. The Morgan fingerprint density at radius 2 is 1.33 bits per heavy atom. The molecule has 0 N–H and O–H groups in total. The van der Waals surface area contributed by atoms with Crippen molar-refractivity contribution in [2.75, 3.05) is 0 Å². The van der Waals surface area contributed by atoms with Crippen LogP contribution in [0.2, 0.25) is 0 Å². The predicted molar refractivity (Wildman–Crippen MR) is 21.5 cm³/mol. The lowest BCUT2D eigenvalue weighted by molar-refractivity contribution is -0.0517. The van der Waals surface area contributed by atoms with Crippen molar-refractivity contribution in [3.8, 4) is 0 Å². The molecule has 0 amide bonds. The summed E-state index contributed by atoms with van der Waals surface area (Å²) in [5.41, 5.74) is -5.65. The van der Waals surface area contributed by atoms with Crippen LogP contribution in [-0.2, 0) is 10.1 Å². The van der Waals surface area contributed by atoms with Gasteiger partial charge in [-0.15, -0.1) is 0 Å². The number of alkyl halides is 3. The van der Waals surface area contributed by atoms with Gasteiger partial charge in [-0.2, -0.15) is 13.2 Å². The molecule has 0 heterocycles. The minimum atomic E-state index is -6.09. The molecule has 0 saturated carbocycles. The zero-order valence-electron chi connectivity index (χ0n) is 3.77. The van der Waals surface area contributed by atoms with E-state index in [2.05, 4.69) is 0 Å². The summed E-state index contributed by atoms with van der Waals surface area (Å²) < 4.78 is 58.9. The van der Waals surface area contributed by atoms with Gasteiger partial charge in [0.1, 0.15) is 0 Å². The average molecular weight is 177 g/mol. The lowest BCUT2D eigenvalue weighted by atomic mass is 11.6. The Hall–Kier alpha value is -0.0831. The number of hydrogen-bond donors (Lipinski definition) is 0. The van der Waals surface area contributed by atoms with Crippen molar-refractivity contribution in [2.45, 2.75) is 5.51 Å². The molecule has 0 fully saturated rings. The molecule has 0 aliphatic rings. The highest BCUT2D eigenvalue weighted by atomic mass is 32.2. The summed E-state index contributed by atoms with van der Waals surface area (Å²) in [4.78, 5) is 0. The summed E-state index contributed by atoms with van der Waals surface area (Å²) >= 11 is 0. The maximum Gasteiger partial charge on any atom is 0.485 e. The minimum Gasteiger partial charge on any atom is -0.741 e. The third-order valence-electron chi connectivity index (χ3n) is 0.283. The third kappa shape index (κ3) is 3.49. The summed E-state index contributed by atoms with van der Waals surface area (Å²) in [5, 5.41) is 0. The molecule has 0 aliphatic heterocycles. The topological polar surface area (TPSA) is 57.2 Å². The molecule has 0 aromatic rings. The Bertz CT molecular complexity index is 168. The molecule has 0 aromatic carbocycles. The Labute approximate surface area is 53.6 Å². The summed E-state index contributed by atoms with van der Waals surface area (Å²) in [6.07, 6.45) is 0. The molecule has 8 heteroatoms. The normalized spacial score (nSPS) is 12.4. The van der Waals surface area contributed by atoms with Crippen LogP contribution in [0.1, 0.15) is 0 Å². The van der Waals surface area contributed by atoms with E-state index in [1.807, 2.05) is 0 Å². The molecule has 4 radical (unpaired) electrons. The van der Waals surface area contributed by atoms with Crippen LogP contribution in [0.25, 0.3) is 0 Å². The molecule has 3 nitrogen and oxygen atoms in total. The molecule has 0 saturated heterocycles. The lowest BCUT2D eigenvalue weighted by Gasteiger charge is -2.08. The van der Waals surface area contributed by atoms with Crippen molar-refractivity contribution in [3.05, 3.63) is 0 Å². The van der Waals surface area contributed by atoms with E-state index < -0.39 is 15.6 Å². The molecule has 54 valence electrons. The van der Waals surface area contributed by atoms with Crippen molar-refractivity contribution in [2.24, 2.45) is 0 Å². The molecular formula is CF3O3SSi-. The SMILES string of the molecule is O=S(=O)([O-])C(F)(F)F.[Si]. The largest absolute Gasteiger partial charge is 0.741 e. The first kappa shape index (κ1) is 11.7. The number of hydrogen-bond acceptors (Lipinski definition) is 3. The highest BCUT2D eigenvalue weighted by Gasteiger charge is 2.36. The summed E-state index contributed by atoms with van der Waals surface area (Å²) in [6, 6.07) is 0. The molecule has 0 rings (SSSR count). The van der Waals surface area contributed by atoms with Gasteiger partial charge < -0.3 is 4.55 Å². The second-order valence-electron chi connectivity index (χ2n) is 0.900. The van der Waals surface area contributed by atoms with Crippen LogP contribution in [0, 0.1) is 0 Å². The Balaban J connectivity index is 0. The van der Waals surface area contributed by atoms with Crippen molar-refractivity contribution in [3.63, 3.8) is 0 Å². The first-order valence-electron chi connectivity index (χ1n) is 1.27. The zero-order valence-corrected chi connectivity index (χ0v) is 5.58. The van der Waals surface area contributed by atoms with E-state index in [0.29, 0.717) is 0 Å². The summed E-state index contributed by atoms with van der Waals surface area (Å²) in [7, 11) is -6.09. The van der Waals surface area contributed by atoms with Gasteiger partial charge in [-0.3, -0.25) is 0 Å². The fourth-order valence-corrected chi connectivity index (χ4v) is 0. The zero-order chi connectivity index (χ0) is 7.00. The first-order valence-corrected chi connectivity index (χ1v) is 2.68. The molecule has 0 aliphatic carbocycles. The molecule has 0 spiro atoms. The van der Waals surface area contributed by atoms with Gasteiger partial charge in [-0.25, -0.2) is 8.42 Å². The Kier molecular flexibility index (Phi) is 3.46. The van der Waals surface area contributed by atoms with Crippen molar-refractivity contribution >= 4 is 21.1 Å². The Morgan fingerprint density at radius 3 is 1.33 bits per heavy atom. The molecule has 9 heavy (non-hydrogen) atoms. The summed E-state index contributed by atoms with van der Waals surface area (Å²) in [6.45, 7) is 0. The average Bonchev–Trinajstić information content (AvgIpc) is 1.25. The van der Waals surface area contributed by atoms with Crippen LogP contribution in [-0.4, -0.2) is 29.4 Å². The maximum atomic E-state index is 10.7. The van der Waals surface area contributed by atoms with Crippen molar-refractivity contribution in [1.82, 2.24) is 0 Å². The quantitative estimate of drug-likeness (QED) is 0.289. The fraction of sp³-hybridized carbons (Fsp3) is 1.00. The van der Waals surface area contributed by atoms with E-state index in [1.165, 1.54) is 0 Å². The van der Waals surface area contributed by atoms with Gasteiger partial charge in [0.15, 0.2) is 10.1 Å². The Morgan fingerprint density at radius 1 is 1.22 bits per heavy atom. The highest BCUT2D eigenvalue weighted by molar-refractivity contribution is 7.86. The standard InChI is InChI=1S/CHF3O3S.Si/c2-1(3,4)8(5,6)7;/h(H,5,6,7);/p-1. The van der Waals surface area contributed by atoms with E-state index in [1.54, 1.807) is 0 Å². The van der Waals surface area contributed by atoms with Crippen LogP contribution in [0.5, 0.6) is 0 Å². The van der Waals surface area contributed by atoms with Gasteiger partial charge in [0.05, 0.1) is 0 Å². The van der Waals surface area contributed by atoms with Gasteiger partial charge in [0, 0.05) is 11.0 Å². The monoisotopic (exact) mass is 177 g/mol. The first-order chi connectivity index (χ1) is 3.25. The van der Waals surface area contributed by atoms with E-state index in [4.69, 9.17) is 13.0 Å². The van der Waals surface area contributed by atoms with Gasteiger partial charge in [0.2, 0.25) is 0 Å². The van der Waals surface area contributed by atoms with Crippen LogP contribution >= 0.6 is 0 Å². The van der Waals surface area contributed by atoms with Crippen molar-refractivity contribution in [1.29, 1.82) is 0 Å². The van der Waals surface area contributed by atoms with Gasteiger partial charge in [0.25, 0.3) is 0 Å². The molecule has 0 atom stereocenters. The number of rotatable bonds is 0. The second kappa shape index (κ2) is 2.67. The van der Waals surface area contributed by atoms with Crippen LogP contribution in [0.3, 0.4) is 0 Å². The van der Waals surface area contributed by atoms with E-state index in [0.717, 1.165) is 0 Å².